The van der Waals surface area contributed by atoms with E-state index < -0.39 is 17.8 Å². The van der Waals surface area contributed by atoms with Gasteiger partial charge in [0, 0.05) is 18.8 Å². The second-order valence-corrected chi connectivity index (χ2v) is 4.22. The van der Waals surface area contributed by atoms with Gasteiger partial charge in [0.25, 0.3) is 5.91 Å². The van der Waals surface area contributed by atoms with E-state index in [1.54, 1.807) is 20.0 Å². The smallest absolute Gasteiger partial charge is 0.372 e. The van der Waals surface area contributed by atoms with Crippen molar-refractivity contribution in [3.63, 3.8) is 0 Å². The van der Waals surface area contributed by atoms with Crippen molar-refractivity contribution < 1.29 is 18.0 Å². The van der Waals surface area contributed by atoms with Crippen molar-refractivity contribution >= 4 is 17.5 Å². The van der Waals surface area contributed by atoms with Gasteiger partial charge in [-0.25, -0.2) is 4.98 Å². The molecule has 112 valence electrons. The molecule has 2 aromatic rings. The fraction of sp³-hybridized carbons (Fsp3) is 0.250. The van der Waals surface area contributed by atoms with Crippen molar-refractivity contribution in [1.29, 1.82) is 0 Å². The van der Waals surface area contributed by atoms with Gasteiger partial charge >= 0.3 is 6.18 Å². The normalized spacial score (nSPS) is 11.3. The first-order valence-electron chi connectivity index (χ1n) is 5.90. The molecule has 0 aliphatic carbocycles. The Kier molecular flexibility index (Phi) is 3.83. The SMILES string of the molecule is CNc1nc(C)ccc1C(=O)Nc1cc(C(F)(F)F)[nH]n1. The molecule has 0 spiro atoms. The molecule has 0 aliphatic rings. The highest BCUT2D eigenvalue weighted by Gasteiger charge is 2.33. The number of carbonyl (C=O) groups is 1. The molecule has 0 bridgehead atoms. The van der Waals surface area contributed by atoms with Gasteiger partial charge < -0.3 is 10.6 Å². The Morgan fingerprint density at radius 3 is 2.62 bits per heavy atom. The van der Waals surface area contributed by atoms with E-state index in [2.05, 4.69) is 20.7 Å². The molecule has 0 saturated carbocycles. The van der Waals surface area contributed by atoms with Crippen molar-refractivity contribution in [2.45, 2.75) is 13.1 Å². The third kappa shape index (κ3) is 3.30. The molecule has 0 aliphatic heterocycles. The molecule has 0 atom stereocenters. The standard InChI is InChI=1S/C12H12F3N5O/c1-6-3-4-7(10(16-2)17-6)11(21)18-9-5-8(19-20-9)12(13,14)15/h3-5H,1-2H3,(H,16,17)(H2,18,19,20,21). The maximum atomic E-state index is 12.4. The highest BCUT2D eigenvalue weighted by molar-refractivity contribution is 6.07. The number of hydrogen-bond acceptors (Lipinski definition) is 4. The molecule has 6 nitrogen and oxygen atoms in total. The summed E-state index contributed by atoms with van der Waals surface area (Å²) in [5.41, 5.74) is -0.122. The second kappa shape index (κ2) is 5.43. The Hall–Kier alpha value is -2.58. The zero-order valence-corrected chi connectivity index (χ0v) is 11.2. The van der Waals surface area contributed by atoms with E-state index in [0.717, 1.165) is 6.07 Å². The lowest BCUT2D eigenvalue weighted by Crippen LogP contribution is -2.15. The molecule has 9 heteroatoms. The average Bonchev–Trinajstić information content (AvgIpc) is 2.86. The number of amides is 1. The number of H-pyrrole nitrogens is 1. The summed E-state index contributed by atoms with van der Waals surface area (Å²) in [6, 6.07) is 3.88. The van der Waals surface area contributed by atoms with E-state index in [1.165, 1.54) is 6.07 Å². The average molecular weight is 299 g/mol. The number of alkyl halides is 3. The van der Waals surface area contributed by atoms with Crippen LogP contribution in [-0.2, 0) is 6.18 Å². The van der Waals surface area contributed by atoms with E-state index in [9.17, 15) is 18.0 Å². The second-order valence-electron chi connectivity index (χ2n) is 4.22. The summed E-state index contributed by atoms with van der Waals surface area (Å²) >= 11 is 0. The molecular formula is C12H12F3N5O. The lowest BCUT2D eigenvalue weighted by atomic mass is 10.2. The van der Waals surface area contributed by atoms with E-state index in [0.29, 0.717) is 11.5 Å². The maximum Gasteiger partial charge on any atom is 0.432 e. The fourth-order valence-corrected chi connectivity index (χ4v) is 1.65. The highest BCUT2D eigenvalue weighted by atomic mass is 19.4. The van der Waals surface area contributed by atoms with Gasteiger partial charge in [0.2, 0.25) is 0 Å². The van der Waals surface area contributed by atoms with Gasteiger partial charge in [0.05, 0.1) is 5.56 Å². The lowest BCUT2D eigenvalue weighted by Gasteiger charge is -2.08. The number of anilines is 2. The summed E-state index contributed by atoms with van der Waals surface area (Å²) in [5.74, 6) is -0.485. The summed E-state index contributed by atoms with van der Waals surface area (Å²) in [6.45, 7) is 1.76. The van der Waals surface area contributed by atoms with Gasteiger partial charge in [-0.1, -0.05) is 0 Å². The van der Waals surface area contributed by atoms with Crippen LogP contribution in [0.1, 0.15) is 21.7 Å². The summed E-state index contributed by atoms with van der Waals surface area (Å²) < 4.78 is 37.3. The van der Waals surface area contributed by atoms with E-state index in [-0.39, 0.29) is 11.4 Å². The molecule has 0 unspecified atom stereocenters. The van der Waals surface area contributed by atoms with Gasteiger partial charge in [-0.2, -0.15) is 18.3 Å². The van der Waals surface area contributed by atoms with E-state index in [4.69, 9.17) is 0 Å². The summed E-state index contributed by atoms with van der Waals surface area (Å²) in [5, 5.41) is 10.3. The summed E-state index contributed by atoms with van der Waals surface area (Å²) in [4.78, 5) is 16.2. The molecule has 1 amide bonds. The number of pyridine rings is 1. The minimum absolute atomic E-state index is 0.208. The number of aromatic amines is 1. The molecule has 2 heterocycles. The molecule has 3 N–H and O–H groups in total. The third-order valence-corrected chi connectivity index (χ3v) is 2.64. The molecule has 0 saturated heterocycles. The molecule has 2 rings (SSSR count). The highest BCUT2D eigenvalue weighted by Crippen LogP contribution is 2.28. The molecule has 21 heavy (non-hydrogen) atoms. The Balaban J connectivity index is 2.20. The van der Waals surface area contributed by atoms with Gasteiger partial charge in [-0.05, 0) is 19.1 Å². The van der Waals surface area contributed by atoms with E-state index >= 15 is 0 Å². The molecule has 0 radical (unpaired) electrons. The number of aryl methyl sites for hydroxylation is 1. The van der Waals surface area contributed by atoms with Crippen LogP contribution in [0.5, 0.6) is 0 Å². The topological polar surface area (TPSA) is 82.7 Å². The molecule has 0 aromatic carbocycles. The van der Waals surface area contributed by atoms with Crippen LogP contribution in [0.25, 0.3) is 0 Å². The predicted molar refractivity (Wildman–Crippen MR) is 70.1 cm³/mol. The van der Waals surface area contributed by atoms with Crippen molar-refractivity contribution in [2.24, 2.45) is 0 Å². The number of aromatic nitrogens is 3. The van der Waals surface area contributed by atoms with Crippen LogP contribution in [-0.4, -0.2) is 28.1 Å². The van der Waals surface area contributed by atoms with Gasteiger partial charge in [-0.15, -0.1) is 0 Å². The van der Waals surface area contributed by atoms with Crippen LogP contribution in [0.4, 0.5) is 24.8 Å². The van der Waals surface area contributed by atoms with Gasteiger partial charge in [-0.3, -0.25) is 9.89 Å². The first-order valence-corrected chi connectivity index (χ1v) is 5.90. The summed E-state index contributed by atoms with van der Waals surface area (Å²) in [6.07, 6.45) is -4.54. The van der Waals surface area contributed by atoms with E-state index in [1.807, 2.05) is 5.10 Å². The van der Waals surface area contributed by atoms with Crippen LogP contribution < -0.4 is 10.6 Å². The monoisotopic (exact) mass is 299 g/mol. The fourth-order valence-electron chi connectivity index (χ4n) is 1.65. The Bertz CT molecular complexity index is 665. The van der Waals surface area contributed by atoms with Crippen molar-refractivity contribution in [2.75, 3.05) is 17.7 Å². The zero-order chi connectivity index (χ0) is 15.6. The quantitative estimate of drug-likeness (QED) is 0.813. The van der Waals surface area contributed by atoms with Crippen LogP contribution in [0.15, 0.2) is 18.2 Å². The number of halogens is 3. The number of carbonyl (C=O) groups excluding carboxylic acids is 1. The zero-order valence-electron chi connectivity index (χ0n) is 11.2. The Morgan fingerprint density at radius 2 is 2.05 bits per heavy atom. The van der Waals surface area contributed by atoms with Crippen molar-refractivity contribution in [3.05, 3.63) is 35.2 Å². The Morgan fingerprint density at radius 1 is 1.33 bits per heavy atom. The number of nitrogens with zero attached hydrogens (tertiary/aromatic N) is 2. The Labute approximate surface area is 117 Å². The number of nitrogens with one attached hydrogen (secondary N) is 3. The molecule has 0 fully saturated rings. The van der Waals surface area contributed by atoms with Gasteiger partial charge in [0.1, 0.15) is 11.5 Å². The third-order valence-electron chi connectivity index (χ3n) is 2.64. The summed E-state index contributed by atoms with van der Waals surface area (Å²) in [7, 11) is 1.59. The first kappa shape index (κ1) is 14.8. The van der Waals surface area contributed by atoms with Crippen LogP contribution >= 0.6 is 0 Å². The van der Waals surface area contributed by atoms with Crippen molar-refractivity contribution in [1.82, 2.24) is 15.2 Å². The van der Waals surface area contributed by atoms with Crippen LogP contribution in [0.3, 0.4) is 0 Å². The minimum Gasteiger partial charge on any atom is -0.372 e. The minimum atomic E-state index is -4.54. The first-order chi connectivity index (χ1) is 9.81. The largest absolute Gasteiger partial charge is 0.432 e. The number of rotatable bonds is 3. The number of hydrogen-bond donors (Lipinski definition) is 3. The van der Waals surface area contributed by atoms with Gasteiger partial charge in [0.15, 0.2) is 5.82 Å². The van der Waals surface area contributed by atoms with Crippen LogP contribution in [0, 0.1) is 6.92 Å². The maximum absolute atomic E-state index is 12.4. The predicted octanol–water partition coefficient (Wildman–Crippen LogP) is 2.43. The van der Waals surface area contributed by atoms with Crippen LogP contribution in [0.2, 0.25) is 0 Å². The van der Waals surface area contributed by atoms with Crippen molar-refractivity contribution in [3.8, 4) is 0 Å². The lowest BCUT2D eigenvalue weighted by molar-refractivity contribution is -0.141. The molecular weight excluding hydrogens is 287 g/mol. The molecule has 2 aromatic heterocycles.